The largest absolute Gasteiger partial charge is 0.455 e. The summed E-state index contributed by atoms with van der Waals surface area (Å²) in [4.78, 5) is 25.7. The van der Waals surface area contributed by atoms with Crippen molar-refractivity contribution < 1.29 is 14.3 Å². The number of nitrogens with one attached hydrogen (secondary N) is 1. The van der Waals surface area contributed by atoms with E-state index in [0.29, 0.717) is 6.42 Å². The van der Waals surface area contributed by atoms with Crippen LogP contribution in [0.5, 0.6) is 0 Å². The monoisotopic (exact) mass is 395 g/mol. The summed E-state index contributed by atoms with van der Waals surface area (Å²) in [5.74, 6) is -0.586. The van der Waals surface area contributed by atoms with Crippen LogP contribution in [0.4, 0.5) is 0 Å². The highest BCUT2D eigenvalue weighted by Crippen LogP contribution is 2.37. The molecule has 0 spiro atoms. The molecule has 4 rings (SSSR count). The molecule has 0 bridgehead atoms. The number of rotatable bonds is 5. The number of ether oxygens (including phenoxy) is 1. The van der Waals surface area contributed by atoms with Gasteiger partial charge in [0.15, 0.2) is 6.61 Å². The quantitative estimate of drug-likeness (QED) is 0.778. The predicted octanol–water partition coefficient (Wildman–Crippen LogP) is 4.00. The van der Waals surface area contributed by atoms with E-state index in [1.54, 1.807) is 0 Å². The molecule has 2 atom stereocenters. The van der Waals surface area contributed by atoms with Gasteiger partial charge in [-0.3, -0.25) is 9.59 Å². The molecule has 0 saturated heterocycles. The number of fused-ring (bicyclic) bond motifs is 2. The standard InChI is InChI=1S/C23H25NO3S/c1-15(17-11-10-16-6-2-3-7-18(16)12-17)24-22(25)14-27-23(26)21-13-19-8-4-5-9-20(19)28-21/h4-5,8-12,15,21H,2-3,6-7,13-14H2,1H3,(H,24,25). The van der Waals surface area contributed by atoms with Gasteiger partial charge in [-0.15, -0.1) is 11.8 Å². The number of hydrogen-bond acceptors (Lipinski definition) is 4. The van der Waals surface area contributed by atoms with E-state index in [-0.39, 0.29) is 29.8 Å². The summed E-state index contributed by atoms with van der Waals surface area (Å²) >= 11 is 1.51. The van der Waals surface area contributed by atoms with Crippen molar-refractivity contribution in [3.05, 3.63) is 64.7 Å². The molecular formula is C23H25NO3S. The normalized spacial score (nSPS) is 18.7. The topological polar surface area (TPSA) is 55.4 Å². The highest BCUT2D eigenvalue weighted by molar-refractivity contribution is 8.01. The summed E-state index contributed by atoms with van der Waals surface area (Å²) in [6.07, 6.45) is 5.41. The molecule has 2 aromatic rings. The molecule has 0 fully saturated rings. The molecule has 2 aromatic carbocycles. The smallest absolute Gasteiger partial charge is 0.320 e. The van der Waals surface area contributed by atoms with Gasteiger partial charge in [0.05, 0.1) is 6.04 Å². The Labute approximate surface area is 170 Å². The first kappa shape index (κ1) is 19.1. The Morgan fingerprint density at radius 1 is 1.11 bits per heavy atom. The van der Waals surface area contributed by atoms with Crippen LogP contribution in [0, 0.1) is 0 Å². The van der Waals surface area contributed by atoms with Crippen molar-refractivity contribution in [3.8, 4) is 0 Å². The lowest BCUT2D eigenvalue weighted by atomic mass is 9.89. The van der Waals surface area contributed by atoms with Crippen molar-refractivity contribution >= 4 is 23.6 Å². The molecule has 1 aliphatic heterocycles. The zero-order valence-electron chi connectivity index (χ0n) is 16.1. The molecule has 2 unspecified atom stereocenters. The lowest BCUT2D eigenvalue weighted by molar-refractivity contribution is -0.148. The van der Waals surface area contributed by atoms with Crippen LogP contribution >= 0.6 is 11.8 Å². The Hall–Kier alpha value is -2.27. The van der Waals surface area contributed by atoms with Gasteiger partial charge in [-0.05, 0) is 67.3 Å². The van der Waals surface area contributed by atoms with E-state index in [1.807, 2.05) is 31.2 Å². The van der Waals surface area contributed by atoms with Gasteiger partial charge in [-0.1, -0.05) is 36.4 Å². The second-order valence-electron chi connectivity index (χ2n) is 7.55. The predicted molar refractivity (Wildman–Crippen MR) is 110 cm³/mol. The highest BCUT2D eigenvalue weighted by atomic mass is 32.2. The van der Waals surface area contributed by atoms with Crippen molar-refractivity contribution in [1.82, 2.24) is 5.32 Å². The second kappa shape index (κ2) is 8.39. The van der Waals surface area contributed by atoms with Gasteiger partial charge >= 0.3 is 5.97 Å². The van der Waals surface area contributed by atoms with E-state index in [0.717, 1.165) is 23.3 Å². The molecule has 4 nitrogen and oxygen atoms in total. The first-order valence-corrected chi connectivity index (χ1v) is 10.8. The summed E-state index contributed by atoms with van der Waals surface area (Å²) in [5.41, 5.74) is 5.09. The van der Waals surface area contributed by atoms with Gasteiger partial charge in [-0.25, -0.2) is 0 Å². The maximum absolute atomic E-state index is 12.3. The van der Waals surface area contributed by atoms with Crippen molar-refractivity contribution in [1.29, 1.82) is 0 Å². The third-order valence-corrected chi connectivity index (χ3v) is 6.80. The third-order valence-electron chi connectivity index (χ3n) is 5.51. The van der Waals surface area contributed by atoms with Crippen LogP contribution in [0.1, 0.15) is 48.1 Å². The summed E-state index contributed by atoms with van der Waals surface area (Å²) in [6, 6.07) is 14.4. The summed E-state index contributed by atoms with van der Waals surface area (Å²) in [5, 5.41) is 2.68. The van der Waals surface area contributed by atoms with Crippen LogP contribution in [-0.4, -0.2) is 23.7 Å². The van der Waals surface area contributed by atoms with E-state index in [2.05, 4.69) is 23.5 Å². The van der Waals surface area contributed by atoms with Crippen LogP contribution in [0.15, 0.2) is 47.4 Å². The average molecular weight is 396 g/mol. The molecule has 5 heteroatoms. The van der Waals surface area contributed by atoms with Crippen molar-refractivity contribution in [2.45, 2.75) is 55.2 Å². The first-order chi connectivity index (χ1) is 13.6. The van der Waals surface area contributed by atoms with Crippen LogP contribution in [0.3, 0.4) is 0 Å². The molecule has 0 aromatic heterocycles. The number of esters is 1. The Balaban J connectivity index is 1.27. The fourth-order valence-electron chi connectivity index (χ4n) is 3.93. The van der Waals surface area contributed by atoms with E-state index in [9.17, 15) is 9.59 Å². The van der Waals surface area contributed by atoms with Gasteiger partial charge in [0.2, 0.25) is 0 Å². The molecule has 2 aliphatic rings. The number of hydrogen-bond donors (Lipinski definition) is 1. The molecule has 0 saturated carbocycles. The number of aryl methyl sites for hydroxylation is 2. The van der Waals surface area contributed by atoms with Crippen LogP contribution in [0.25, 0.3) is 0 Å². The highest BCUT2D eigenvalue weighted by Gasteiger charge is 2.29. The molecule has 0 radical (unpaired) electrons. The number of carbonyl (C=O) groups excluding carboxylic acids is 2. The van der Waals surface area contributed by atoms with Crippen molar-refractivity contribution in [3.63, 3.8) is 0 Å². The maximum Gasteiger partial charge on any atom is 0.320 e. The van der Waals surface area contributed by atoms with Gasteiger partial charge in [0.1, 0.15) is 5.25 Å². The zero-order valence-corrected chi connectivity index (χ0v) is 16.9. The lowest BCUT2D eigenvalue weighted by Crippen LogP contribution is -2.32. The van der Waals surface area contributed by atoms with Crippen molar-refractivity contribution in [2.24, 2.45) is 0 Å². The molecular weight excluding hydrogens is 370 g/mol. The minimum atomic E-state index is -0.321. The van der Waals surface area contributed by atoms with Crippen molar-refractivity contribution in [2.75, 3.05) is 6.61 Å². The van der Waals surface area contributed by atoms with Gasteiger partial charge in [0, 0.05) is 4.90 Å². The number of benzene rings is 2. The van der Waals surface area contributed by atoms with Gasteiger partial charge in [0.25, 0.3) is 5.91 Å². The second-order valence-corrected chi connectivity index (χ2v) is 8.80. The minimum Gasteiger partial charge on any atom is -0.455 e. The fourth-order valence-corrected chi connectivity index (χ4v) is 5.13. The summed E-state index contributed by atoms with van der Waals surface area (Å²) in [7, 11) is 0. The zero-order chi connectivity index (χ0) is 19.5. The SMILES string of the molecule is CC(NC(=O)COC(=O)C1Cc2ccccc2S1)c1ccc2c(c1)CCCC2. The van der Waals surface area contributed by atoms with Gasteiger partial charge in [-0.2, -0.15) is 0 Å². The van der Waals surface area contributed by atoms with Gasteiger partial charge < -0.3 is 10.1 Å². The molecule has 1 heterocycles. The van der Waals surface area contributed by atoms with Crippen LogP contribution in [0.2, 0.25) is 0 Å². The van der Waals surface area contributed by atoms with Crippen LogP contribution in [-0.2, 0) is 33.6 Å². The fraction of sp³-hybridized carbons (Fsp3) is 0.391. The lowest BCUT2D eigenvalue weighted by Gasteiger charge is -2.20. The Morgan fingerprint density at radius 3 is 2.71 bits per heavy atom. The summed E-state index contributed by atoms with van der Waals surface area (Å²) < 4.78 is 5.27. The first-order valence-electron chi connectivity index (χ1n) is 9.92. The third kappa shape index (κ3) is 4.25. The maximum atomic E-state index is 12.3. The molecule has 1 N–H and O–H groups in total. The van der Waals surface area contributed by atoms with Crippen LogP contribution < -0.4 is 5.32 Å². The molecule has 1 amide bonds. The minimum absolute atomic E-state index is 0.108. The molecule has 146 valence electrons. The Kier molecular flexibility index (Phi) is 5.72. The summed E-state index contributed by atoms with van der Waals surface area (Å²) in [6.45, 7) is 1.73. The van der Waals surface area contributed by atoms with E-state index in [4.69, 9.17) is 4.74 Å². The number of thioether (sulfide) groups is 1. The average Bonchev–Trinajstić information content (AvgIpc) is 3.16. The number of carbonyl (C=O) groups is 2. The van der Waals surface area contributed by atoms with E-state index >= 15 is 0 Å². The molecule has 1 aliphatic carbocycles. The van der Waals surface area contributed by atoms with E-state index < -0.39 is 0 Å². The Morgan fingerprint density at radius 2 is 1.89 bits per heavy atom. The van der Waals surface area contributed by atoms with E-state index in [1.165, 1.54) is 41.3 Å². The molecule has 28 heavy (non-hydrogen) atoms. The number of amides is 1. The Bertz CT molecular complexity index is 870.